The number of fused-ring (bicyclic) bond motifs is 1. The molecule has 0 spiro atoms. The van der Waals surface area contributed by atoms with E-state index in [1.54, 1.807) is 7.11 Å². The summed E-state index contributed by atoms with van der Waals surface area (Å²) in [7, 11) is 1.66. The predicted molar refractivity (Wildman–Crippen MR) is 101 cm³/mol. The van der Waals surface area contributed by atoms with Gasteiger partial charge in [0.25, 0.3) is 0 Å². The number of para-hydroxylation sites is 4. The molecule has 0 N–H and O–H groups in total. The van der Waals surface area contributed by atoms with Crippen LogP contribution in [0.25, 0.3) is 11.0 Å². The lowest BCUT2D eigenvalue weighted by Gasteiger charge is -2.14. The second-order valence-electron chi connectivity index (χ2n) is 6.46. The van der Waals surface area contributed by atoms with Gasteiger partial charge >= 0.3 is 0 Å². The van der Waals surface area contributed by atoms with Gasteiger partial charge in [0, 0.05) is 13.2 Å². The molecular formula is C21H24N2O3. The Hall–Kier alpha value is -2.53. The molecule has 1 fully saturated rings. The molecular weight excluding hydrogens is 328 g/mol. The van der Waals surface area contributed by atoms with Crippen LogP contribution >= 0.6 is 0 Å². The van der Waals surface area contributed by atoms with Crippen molar-refractivity contribution in [2.75, 3.05) is 20.3 Å². The lowest BCUT2D eigenvalue weighted by atomic mass is 10.2. The van der Waals surface area contributed by atoms with Gasteiger partial charge in [0.05, 0.1) is 24.8 Å². The van der Waals surface area contributed by atoms with E-state index in [1.165, 1.54) is 0 Å². The molecule has 4 rings (SSSR count). The average molecular weight is 352 g/mol. The molecule has 1 aliphatic heterocycles. The maximum atomic E-state index is 5.91. The van der Waals surface area contributed by atoms with Crippen LogP contribution in [0.15, 0.2) is 48.5 Å². The SMILES string of the molecule is COc1ccccc1OCCCn1c([C@H]2CCCO2)nc2ccccc21. The zero-order valence-corrected chi connectivity index (χ0v) is 15.1. The number of aryl methyl sites for hydroxylation is 1. The first-order chi connectivity index (χ1) is 12.9. The van der Waals surface area contributed by atoms with Gasteiger partial charge in [0.1, 0.15) is 11.9 Å². The molecule has 0 unspecified atom stereocenters. The third-order valence-electron chi connectivity index (χ3n) is 4.75. The summed E-state index contributed by atoms with van der Waals surface area (Å²) in [5, 5.41) is 0. The summed E-state index contributed by atoms with van der Waals surface area (Å²) >= 11 is 0. The van der Waals surface area contributed by atoms with Crippen molar-refractivity contribution >= 4 is 11.0 Å². The highest BCUT2D eigenvalue weighted by Crippen LogP contribution is 2.31. The summed E-state index contributed by atoms with van der Waals surface area (Å²) in [6, 6.07) is 16.0. The minimum Gasteiger partial charge on any atom is -0.493 e. The fraction of sp³-hybridized carbons (Fsp3) is 0.381. The van der Waals surface area contributed by atoms with Gasteiger partial charge in [0.15, 0.2) is 11.5 Å². The first-order valence-corrected chi connectivity index (χ1v) is 9.19. The van der Waals surface area contributed by atoms with Crippen LogP contribution in [0.4, 0.5) is 0 Å². The summed E-state index contributed by atoms with van der Waals surface area (Å²) < 4.78 is 19.4. The highest BCUT2D eigenvalue weighted by molar-refractivity contribution is 5.76. The summed E-state index contributed by atoms with van der Waals surface area (Å²) in [5.74, 6) is 2.59. The Morgan fingerprint density at radius 1 is 1.12 bits per heavy atom. The lowest BCUT2D eigenvalue weighted by molar-refractivity contribution is 0.102. The molecule has 1 atom stereocenters. The highest BCUT2D eigenvalue weighted by Gasteiger charge is 2.24. The second kappa shape index (κ2) is 7.79. The van der Waals surface area contributed by atoms with Crippen molar-refractivity contribution in [2.24, 2.45) is 0 Å². The maximum absolute atomic E-state index is 5.91. The Kier molecular flexibility index (Phi) is 5.07. The molecule has 0 amide bonds. The summed E-state index contributed by atoms with van der Waals surface area (Å²) in [4.78, 5) is 4.84. The average Bonchev–Trinajstić information content (AvgIpc) is 3.33. The third-order valence-corrected chi connectivity index (χ3v) is 4.75. The Bertz CT molecular complexity index is 869. The van der Waals surface area contributed by atoms with Crippen molar-refractivity contribution in [2.45, 2.75) is 31.9 Å². The third kappa shape index (κ3) is 3.40. The fourth-order valence-corrected chi connectivity index (χ4v) is 3.50. The van der Waals surface area contributed by atoms with Gasteiger partial charge in [-0.1, -0.05) is 24.3 Å². The van der Waals surface area contributed by atoms with Crippen molar-refractivity contribution < 1.29 is 14.2 Å². The molecule has 26 heavy (non-hydrogen) atoms. The van der Waals surface area contributed by atoms with E-state index in [2.05, 4.69) is 22.8 Å². The number of hydrogen-bond acceptors (Lipinski definition) is 4. The molecule has 3 aromatic rings. The van der Waals surface area contributed by atoms with Crippen LogP contribution in [0.1, 0.15) is 31.2 Å². The number of aromatic nitrogens is 2. The van der Waals surface area contributed by atoms with Gasteiger partial charge in [-0.15, -0.1) is 0 Å². The van der Waals surface area contributed by atoms with Gasteiger partial charge < -0.3 is 18.8 Å². The highest BCUT2D eigenvalue weighted by atomic mass is 16.5. The van der Waals surface area contributed by atoms with Crippen LogP contribution in [0.3, 0.4) is 0 Å². The minimum absolute atomic E-state index is 0.109. The van der Waals surface area contributed by atoms with Crippen LogP contribution in [0.2, 0.25) is 0 Å². The van der Waals surface area contributed by atoms with Gasteiger partial charge in [-0.05, 0) is 43.5 Å². The molecule has 0 bridgehead atoms. The predicted octanol–water partition coefficient (Wildman–Crippen LogP) is 4.37. The smallest absolute Gasteiger partial charge is 0.161 e. The van der Waals surface area contributed by atoms with E-state index >= 15 is 0 Å². The Morgan fingerprint density at radius 3 is 2.73 bits per heavy atom. The normalized spacial score (nSPS) is 16.9. The standard InChI is InChI=1S/C21H24N2O3/c1-24-18-10-4-5-11-19(18)25-15-7-13-23-17-9-3-2-8-16(17)22-21(23)20-12-6-14-26-20/h2-5,8-11,20H,6-7,12-15H2,1H3/t20-/m1/s1. The van der Waals surface area contributed by atoms with E-state index in [-0.39, 0.29) is 6.10 Å². The number of hydrogen-bond donors (Lipinski definition) is 0. The molecule has 5 heteroatoms. The monoisotopic (exact) mass is 352 g/mol. The first kappa shape index (κ1) is 16.9. The lowest BCUT2D eigenvalue weighted by Crippen LogP contribution is -2.11. The van der Waals surface area contributed by atoms with Gasteiger partial charge in [-0.2, -0.15) is 0 Å². The van der Waals surface area contributed by atoms with Crippen LogP contribution in [-0.4, -0.2) is 29.9 Å². The summed E-state index contributed by atoms with van der Waals surface area (Å²) in [5.41, 5.74) is 2.19. The molecule has 1 aliphatic rings. The fourth-order valence-electron chi connectivity index (χ4n) is 3.50. The van der Waals surface area contributed by atoms with Crippen molar-refractivity contribution in [3.63, 3.8) is 0 Å². The minimum atomic E-state index is 0.109. The van der Waals surface area contributed by atoms with E-state index in [4.69, 9.17) is 19.2 Å². The number of methoxy groups -OCH3 is 1. The summed E-state index contributed by atoms with van der Waals surface area (Å²) in [6.07, 6.45) is 3.14. The number of nitrogens with zero attached hydrogens (tertiary/aromatic N) is 2. The van der Waals surface area contributed by atoms with Crippen molar-refractivity contribution in [3.8, 4) is 11.5 Å². The van der Waals surface area contributed by atoms with E-state index in [0.29, 0.717) is 6.61 Å². The van der Waals surface area contributed by atoms with Crippen molar-refractivity contribution in [1.82, 2.24) is 9.55 Å². The zero-order chi connectivity index (χ0) is 17.8. The Labute approximate surface area is 153 Å². The topological polar surface area (TPSA) is 45.5 Å². The number of imidazole rings is 1. The van der Waals surface area contributed by atoms with E-state index in [0.717, 1.165) is 60.8 Å². The van der Waals surface area contributed by atoms with E-state index in [9.17, 15) is 0 Å². The van der Waals surface area contributed by atoms with Crippen LogP contribution < -0.4 is 9.47 Å². The van der Waals surface area contributed by atoms with Crippen molar-refractivity contribution in [3.05, 3.63) is 54.4 Å². The first-order valence-electron chi connectivity index (χ1n) is 9.19. The number of ether oxygens (including phenoxy) is 3. The Balaban J connectivity index is 1.47. The summed E-state index contributed by atoms with van der Waals surface area (Å²) in [6.45, 7) is 2.30. The second-order valence-corrected chi connectivity index (χ2v) is 6.46. The van der Waals surface area contributed by atoms with Crippen LogP contribution in [0.5, 0.6) is 11.5 Å². The Morgan fingerprint density at radius 2 is 1.92 bits per heavy atom. The zero-order valence-electron chi connectivity index (χ0n) is 15.1. The number of rotatable bonds is 7. The largest absolute Gasteiger partial charge is 0.493 e. The molecule has 0 radical (unpaired) electrons. The molecule has 5 nitrogen and oxygen atoms in total. The molecule has 2 heterocycles. The molecule has 0 aliphatic carbocycles. The van der Waals surface area contributed by atoms with Crippen molar-refractivity contribution in [1.29, 1.82) is 0 Å². The maximum Gasteiger partial charge on any atom is 0.161 e. The van der Waals surface area contributed by atoms with Gasteiger partial charge in [-0.3, -0.25) is 0 Å². The van der Waals surface area contributed by atoms with Gasteiger partial charge in [-0.25, -0.2) is 4.98 Å². The quantitative estimate of drug-likeness (QED) is 0.593. The molecule has 1 aromatic heterocycles. The van der Waals surface area contributed by atoms with Gasteiger partial charge in [0.2, 0.25) is 0 Å². The molecule has 1 saturated heterocycles. The van der Waals surface area contributed by atoms with E-state index in [1.807, 2.05) is 30.3 Å². The van der Waals surface area contributed by atoms with Crippen LogP contribution in [-0.2, 0) is 11.3 Å². The molecule has 136 valence electrons. The molecule has 0 saturated carbocycles. The number of benzene rings is 2. The molecule has 2 aromatic carbocycles. The van der Waals surface area contributed by atoms with E-state index < -0.39 is 0 Å². The van der Waals surface area contributed by atoms with Crippen LogP contribution in [0, 0.1) is 0 Å².